The maximum Gasteiger partial charge on any atom is 0.157 e. The summed E-state index contributed by atoms with van der Waals surface area (Å²) in [5.74, 6) is 2.26. The molecule has 2 heterocycles. The zero-order valence-electron chi connectivity index (χ0n) is 14.3. The molecule has 6 nitrogen and oxygen atoms in total. The van der Waals surface area contributed by atoms with Crippen molar-refractivity contribution in [3.8, 4) is 0 Å². The van der Waals surface area contributed by atoms with Crippen LogP contribution >= 0.6 is 0 Å². The molecule has 0 atom stereocenters. The van der Waals surface area contributed by atoms with Gasteiger partial charge < -0.3 is 20.9 Å². The molecule has 1 saturated heterocycles. The van der Waals surface area contributed by atoms with Crippen molar-refractivity contribution in [1.82, 2.24) is 14.9 Å². The van der Waals surface area contributed by atoms with Crippen molar-refractivity contribution >= 4 is 17.3 Å². The number of piperidine rings is 1. The van der Waals surface area contributed by atoms with Gasteiger partial charge in [-0.1, -0.05) is 13.8 Å². The molecule has 1 aliphatic rings. The molecule has 124 valence electrons. The van der Waals surface area contributed by atoms with Crippen molar-refractivity contribution in [3.63, 3.8) is 0 Å². The zero-order valence-corrected chi connectivity index (χ0v) is 14.3. The molecular formula is C16H30N6. The van der Waals surface area contributed by atoms with Gasteiger partial charge in [-0.25, -0.2) is 9.97 Å². The molecule has 6 heteroatoms. The van der Waals surface area contributed by atoms with Gasteiger partial charge in [-0.3, -0.25) is 0 Å². The van der Waals surface area contributed by atoms with Crippen molar-refractivity contribution in [2.24, 2.45) is 5.92 Å². The highest BCUT2D eigenvalue weighted by Crippen LogP contribution is 2.28. The lowest BCUT2D eigenvalue weighted by molar-refractivity contribution is 0.252. The summed E-state index contributed by atoms with van der Waals surface area (Å²) >= 11 is 0. The third kappa shape index (κ3) is 4.22. The molecule has 0 spiro atoms. The van der Waals surface area contributed by atoms with Crippen molar-refractivity contribution in [2.45, 2.75) is 39.2 Å². The van der Waals surface area contributed by atoms with Crippen LogP contribution in [0.15, 0.2) is 6.33 Å². The van der Waals surface area contributed by atoms with E-state index in [1.807, 2.05) is 0 Å². The number of anilines is 3. The van der Waals surface area contributed by atoms with Crippen LogP contribution in [0.1, 0.15) is 33.1 Å². The molecule has 1 aromatic rings. The van der Waals surface area contributed by atoms with E-state index < -0.39 is 0 Å². The van der Waals surface area contributed by atoms with Gasteiger partial charge in [0.05, 0.1) is 0 Å². The number of aromatic nitrogens is 2. The Morgan fingerprint density at radius 3 is 2.68 bits per heavy atom. The molecule has 3 N–H and O–H groups in total. The highest BCUT2D eigenvalue weighted by molar-refractivity contribution is 5.74. The standard InChI is InChI=1S/C16H30N6/c1-12(2)5-8-18-15-14(17)16(20-11-19-15)22(4)13-6-9-21(3)10-7-13/h11-13H,5-10,17H2,1-4H3,(H,18,19,20). The number of rotatable bonds is 6. The Balaban J connectivity index is 2.04. The van der Waals surface area contributed by atoms with Gasteiger partial charge in [0.15, 0.2) is 11.6 Å². The third-order valence-corrected chi connectivity index (χ3v) is 4.45. The normalized spacial score (nSPS) is 17.0. The molecule has 22 heavy (non-hydrogen) atoms. The number of hydrogen-bond acceptors (Lipinski definition) is 6. The number of nitrogen functional groups attached to an aromatic ring is 1. The smallest absolute Gasteiger partial charge is 0.157 e. The van der Waals surface area contributed by atoms with Crippen molar-refractivity contribution < 1.29 is 0 Å². The summed E-state index contributed by atoms with van der Waals surface area (Å²) in [6.07, 6.45) is 5.00. The SMILES string of the molecule is CC(C)CCNc1ncnc(N(C)C2CCN(C)CC2)c1N. The fourth-order valence-corrected chi connectivity index (χ4v) is 2.84. The van der Waals surface area contributed by atoms with Gasteiger partial charge in [0.25, 0.3) is 0 Å². The molecule has 0 radical (unpaired) electrons. The summed E-state index contributed by atoms with van der Waals surface area (Å²) in [4.78, 5) is 13.3. The van der Waals surface area contributed by atoms with E-state index in [2.05, 4.69) is 53.0 Å². The molecule has 0 amide bonds. The predicted molar refractivity (Wildman–Crippen MR) is 93.3 cm³/mol. The second-order valence-electron chi connectivity index (χ2n) is 6.71. The highest BCUT2D eigenvalue weighted by atomic mass is 15.2. The maximum absolute atomic E-state index is 6.30. The van der Waals surface area contributed by atoms with Gasteiger partial charge >= 0.3 is 0 Å². The molecule has 1 aromatic heterocycles. The summed E-state index contributed by atoms with van der Waals surface area (Å²) in [6, 6.07) is 0.497. The Hall–Kier alpha value is -1.56. The van der Waals surface area contributed by atoms with Gasteiger partial charge in [-0.05, 0) is 45.3 Å². The molecule has 2 rings (SSSR count). The van der Waals surface area contributed by atoms with E-state index in [0.29, 0.717) is 17.6 Å². The molecule has 0 saturated carbocycles. The van der Waals surface area contributed by atoms with Crippen LogP contribution in [0.3, 0.4) is 0 Å². The Bertz CT molecular complexity index is 468. The Morgan fingerprint density at radius 2 is 2.05 bits per heavy atom. The largest absolute Gasteiger partial charge is 0.393 e. The van der Waals surface area contributed by atoms with Crippen LogP contribution in [0.2, 0.25) is 0 Å². The van der Waals surface area contributed by atoms with Gasteiger partial charge in [0, 0.05) is 19.6 Å². The van der Waals surface area contributed by atoms with E-state index in [4.69, 9.17) is 5.73 Å². The minimum Gasteiger partial charge on any atom is -0.393 e. The number of nitrogens with two attached hydrogens (primary N) is 1. The molecule has 1 aliphatic heterocycles. The summed E-state index contributed by atoms with van der Waals surface area (Å²) in [6.45, 7) is 7.56. The molecule has 0 unspecified atom stereocenters. The summed E-state index contributed by atoms with van der Waals surface area (Å²) in [5.41, 5.74) is 6.96. The van der Waals surface area contributed by atoms with E-state index in [1.54, 1.807) is 6.33 Å². The quantitative estimate of drug-likeness (QED) is 0.838. The van der Waals surface area contributed by atoms with E-state index in [-0.39, 0.29) is 0 Å². The Labute approximate surface area is 134 Å². The third-order valence-electron chi connectivity index (χ3n) is 4.45. The average molecular weight is 306 g/mol. The second-order valence-corrected chi connectivity index (χ2v) is 6.71. The van der Waals surface area contributed by atoms with Crippen LogP contribution in [0.5, 0.6) is 0 Å². The lowest BCUT2D eigenvalue weighted by Gasteiger charge is -2.36. The average Bonchev–Trinajstić information content (AvgIpc) is 2.49. The van der Waals surface area contributed by atoms with E-state index >= 15 is 0 Å². The van der Waals surface area contributed by atoms with Crippen LogP contribution in [-0.2, 0) is 0 Å². The first kappa shape index (κ1) is 16.8. The van der Waals surface area contributed by atoms with Gasteiger partial charge in [0.1, 0.15) is 12.0 Å². The Kier molecular flexibility index (Phi) is 5.83. The predicted octanol–water partition coefficient (Wildman–Crippen LogP) is 2.05. The first-order valence-electron chi connectivity index (χ1n) is 8.24. The monoisotopic (exact) mass is 306 g/mol. The molecule has 0 aromatic carbocycles. The molecule has 0 aliphatic carbocycles. The van der Waals surface area contributed by atoms with Crippen molar-refractivity contribution in [2.75, 3.05) is 49.7 Å². The number of hydrogen-bond donors (Lipinski definition) is 2. The maximum atomic E-state index is 6.30. The summed E-state index contributed by atoms with van der Waals surface area (Å²) < 4.78 is 0. The number of nitrogens with one attached hydrogen (secondary N) is 1. The van der Waals surface area contributed by atoms with Gasteiger partial charge in [-0.15, -0.1) is 0 Å². The second kappa shape index (κ2) is 7.63. The lowest BCUT2D eigenvalue weighted by Crippen LogP contribution is -2.42. The summed E-state index contributed by atoms with van der Waals surface area (Å²) in [7, 11) is 4.26. The van der Waals surface area contributed by atoms with Crippen LogP contribution in [-0.4, -0.2) is 54.6 Å². The fraction of sp³-hybridized carbons (Fsp3) is 0.750. The van der Waals surface area contributed by atoms with E-state index in [0.717, 1.165) is 50.5 Å². The van der Waals surface area contributed by atoms with Gasteiger partial charge in [0.2, 0.25) is 0 Å². The minimum atomic E-state index is 0.497. The first-order chi connectivity index (χ1) is 10.5. The molecule has 0 bridgehead atoms. The molecule has 1 fully saturated rings. The first-order valence-corrected chi connectivity index (χ1v) is 8.24. The Morgan fingerprint density at radius 1 is 1.36 bits per heavy atom. The molecular weight excluding hydrogens is 276 g/mol. The number of likely N-dealkylation sites (tertiary alicyclic amines) is 1. The van der Waals surface area contributed by atoms with E-state index in [9.17, 15) is 0 Å². The zero-order chi connectivity index (χ0) is 16.1. The number of nitrogens with zero attached hydrogens (tertiary/aromatic N) is 4. The van der Waals surface area contributed by atoms with Crippen LogP contribution < -0.4 is 16.0 Å². The van der Waals surface area contributed by atoms with Crippen molar-refractivity contribution in [3.05, 3.63) is 6.33 Å². The lowest BCUT2D eigenvalue weighted by atomic mass is 10.0. The topological polar surface area (TPSA) is 70.3 Å². The van der Waals surface area contributed by atoms with E-state index in [1.165, 1.54) is 0 Å². The van der Waals surface area contributed by atoms with Crippen LogP contribution in [0.4, 0.5) is 17.3 Å². The summed E-state index contributed by atoms with van der Waals surface area (Å²) in [5, 5.41) is 3.34. The fourth-order valence-electron chi connectivity index (χ4n) is 2.84. The van der Waals surface area contributed by atoms with Gasteiger partial charge in [-0.2, -0.15) is 0 Å². The van der Waals surface area contributed by atoms with Crippen molar-refractivity contribution in [1.29, 1.82) is 0 Å². The van der Waals surface area contributed by atoms with Crippen LogP contribution in [0.25, 0.3) is 0 Å². The highest BCUT2D eigenvalue weighted by Gasteiger charge is 2.23. The minimum absolute atomic E-state index is 0.497. The van der Waals surface area contributed by atoms with Crippen LogP contribution in [0, 0.1) is 5.92 Å².